The van der Waals surface area contributed by atoms with Gasteiger partial charge in [-0.25, -0.2) is 14.3 Å². The minimum absolute atomic E-state index is 0.227. The predicted octanol–water partition coefficient (Wildman–Crippen LogP) is -0.683. The number of fused-ring (bicyclic) bond motifs is 6. The summed E-state index contributed by atoms with van der Waals surface area (Å²) in [5.74, 6) is -0.724. The lowest BCUT2D eigenvalue weighted by Gasteiger charge is -2.23. The summed E-state index contributed by atoms with van der Waals surface area (Å²) in [6.45, 7) is 4.13. The molecule has 0 radical (unpaired) electrons. The Balaban J connectivity index is 1.80. The molecule has 2 aromatic rings. The first-order chi connectivity index (χ1) is 10.4. The van der Waals surface area contributed by atoms with E-state index in [1.807, 2.05) is 13.8 Å². The molecule has 3 aliphatic heterocycles. The standard InChI is InChI=1S/C13H14N4O5/c1-13(2)21-7-5-3-16-4-14-6-9(18)15-12(19)17(10(6)16)11(20-5)8(7)22-13/h4-5,7-8,11H,3H2,1-2H3,(H,15,18,19)/t5-,7-,8-,11-/m1/s1. The van der Waals surface area contributed by atoms with Crippen LogP contribution in [0, 0.1) is 0 Å². The second kappa shape index (κ2) is 3.67. The first-order valence-electron chi connectivity index (χ1n) is 7.15. The third-order valence-electron chi connectivity index (χ3n) is 4.45. The summed E-state index contributed by atoms with van der Waals surface area (Å²) < 4.78 is 21.0. The van der Waals surface area contributed by atoms with Gasteiger partial charge in [0.25, 0.3) is 5.56 Å². The number of rotatable bonds is 0. The highest BCUT2D eigenvalue weighted by molar-refractivity contribution is 5.70. The normalized spacial score (nSPS) is 34.8. The number of aromatic amines is 1. The van der Waals surface area contributed by atoms with Gasteiger partial charge in [0, 0.05) is 0 Å². The molecule has 0 aliphatic carbocycles. The lowest BCUT2D eigenvalue weighted by Crippen LogP contribution is -2.39. The summed E-state index contributed by atoms with van der Waals surface area (Å²) in [6.07, 6.45) is 0.000557. The molecule has 4 atom stereocenters. The van der Waals surface area contributed by atoms with E-state index in [9.17, 15) is 9.59 Å². The number of hydrogen-bond acceptors (Lipinski definition) is 6. The number of hydrogen-bond donors (Lipinski definition) is 1. The van der Waals surface area contributed by atoms with Crippen LogP contribution in [-0.4, -0.2) is 43.2 Å². The van der Waals surface area contributed by atoms with Gasteiger partial charge in [0.2, 0.25) is 0 Å². The molecule has 2 fully saturated rings. The molecule has 5 rings (SSSR count). The third-order valence-corrected chi connectivity index (χ3v) is 4.45. The van der Waals surface area contributed by atoms with Crippen LogP contribution in [0.25, 0.3) is 11.2 Å². The minimum Gasteiger partial charge on any atom is -0.347 e. The molecule has 9 nitrogen and oxygen atoms in total. The Morgan fingerprint density at radius 1 is 1.32 bits per heavy atom. The van der Waals surface area contributed by atoms with Gasteiger partial charge < -0.3 is 18.8 Å². The van der Waals surface area contributed by atoms with E-state index in [0.29, 0.717) is 12.2 Å². The fraction of sp³-hybridized carbons (Fsp3) is 0.615. The maximum atomic E-state index is 12.3. The van der Waals surface area contributed by atoms with Crippen LogP contribution in [0.15, 0.2) is 15.9 Å². The van der Waals surface area contributed by atoms with E-state index in [2.05, 4.69) is 9.97 Å². The summed E-state index contributed by atoms with van der Waals surface area (Å²) in [6, 6.07) is 0. The average Bonchev–Trinajstić information content (AvgIpc) is 3.01. The Hall–Kier alpha value is -1.97. The Bertz CT molecular complexity index is 909. The fourth-order valence-corrected chi connectivity index (χ4v) is 3.68. The highest BCUT2D eigenvalue weighted by Gasteiger charge is 2.57. The van der Waals surface area contributed by atoms with Crippen LogP contribution in [0.1, 0.15) is 20.1 Å². The number of aromatic nitrogens is 4. The van der Waals surface area contributed by atoms with Gasteiger partial charge in [0.15, 0.2) is 23.2 Å². The van der Waals surface area contributed by atoms with Gasteiger partial charge in [-0.1, -0.05) is 0 Å². The van der Waals surface area contributed by atoms with E-state index in [0.717, 1.165) is 0 Å². The number of H-pyrrole nitrogens is 1. The Morgan fingerprint density at radius 2 is 2.09 bits per heavy atom. The van der Waals surface area contributed by atoms with Crippen LogP contribution >= 0.6 is 0 Å². The molecule has 0 aromatic carbocycles. The third kappa shape index (κ3) is 1.40. The zero-order chi connectivity index (χ0) is 15.2. The molecule has 2 aromatic heterocycles. The molecule has 5 heterocycles. The van der Waals surface area contributed by atoms with E-state index < -0.39 is 29.4 Å². The van der Waals surface area contributed by atoms with Crippen molar-refractivity contribution in [2.24, 2.45) is 0 Å². The van der Waals surface area contributed by atoms with Crippen LogP contribution in [0.4, 0.5) is 0 Å². The molecule has 116 valence electrons. The smallest absolute Gasteiger partial charge is 0.332 e. The highest BCUT2D eigenvalue weighted by Crippen LogP contribution is 2.44. The van der Waals surface area contributed by atoms with Crippen molar-refractivity contribution in [3.8, 4) is 0 Å². The predicted molar refractivity (Wildman–Crippen MR) is 72.3 cm³/mol. The lowest BCUT2D eigenvalue weighted by molar-refractivity contribution is -0.196. The first kappa shape index (κ1) is 12.6. The quantitative estimate of drug-likeness (QED) is 0.692. The number of nitrogens with one attached hydrogen (secondary N) is 1. The summed E-state index contributed by atoms with van der Waals surface area (Å²) in [5, 5.41) is 0. The van der Waals surface area contributed by atoms with Crippen LogP contribution in [0.3, 0.4) is 0 Å². The van der Waals surface area contributed by atoms with Crippen molar-refractivity contribution in [1.82, 2.24) is 19.1 Å². The molecular formula is C13H14N4O5. The van der Waals surface area contributed by atoms with Crippen molar-refractivity contribution in [1.29, 1.82) is 0 Å². The van der Waals surface area contributed by atoms with E-state index >= 15 is 0 Å². The molecule has 0 amide bonds. The fourth-order valence-electron chi connectivity index (χ4n) is 3.68. The zero-order valence-electron chi connectivity index (χ0n) is 12.0. The van der Waals surface area contributed by atoms with E-state index in [-0.39, 0.29) is 17.7 Å². The van der Waals surface area contributed by atoms with E-state index in [1.165, 1.54) is 4.57 Å². The van der Waals surface area contributed by atoms with E-state index in [4.69, 9.17) is 14.2 Å². The number of nitrogens with zero attached hydrogens (tertiary/aromatic N) is 3. The van der Waals surface area contributed by atoms with Crippen LogP contribution in [0.2, 0.25) is 0 Å². The molecule has 0 saturated carbocycles. The monoisotopic (exact) mass is 306 g/mol. The Kier molecular flexibility index (Phi) is 2.10. The van der Waals surface area contributed by atoms with Gasteiger partial charge in [0.1, 0.15) is 18.3 Å². The molecule has 2 saturated heterocycles. The molecule has 9 heteroatoms. The molecule has 0 unspecified atom stereocenters. The molecular weight excluding hydrogens is 292 g/mol. The zero-order valence-corrected chi connectivity index (χ0v) is 12.0. The Labute approximate surface area is 123 Å². The molecule has 22 heavy (non-hydrogen) atoms. The van der Waals surface area contributed by atoms with Gasteiger partial charge in [-0.3, -0.25) is 9.78 Å². The van der Waals surface area contributed by atoms with Gasteiger partial charge in [0.05, 0.1) is 12.9 Å². The summed E-state index contributed by atoms with van der Waals surface area (Å²) in [7, 11) is 0. The summed E-state index contributed by atoms with van der Waals surface area (Å²) in [5.41, 5.74) is -0.328. The Morgan fingerprint density at radius 3 is 2.91 bits per heavy atom. The largest absolute Gasteiger partial charge is 0.347 e. The summed E-state index contributed by atoms with van der Waals surface area (Å²) >= 11 is 0. The second-order valence-electron chi connectivity index (χ2n) is 6.33. The molecule has 0 spiro atoms. The average molecular weight is 306 g/mol. The van der Waals surface area contributed by atoms with Crippen molar-refractivity contribution < 1.29 is 14.2 Å². The van der Waals surface area contributed by atoms with Crippen molar-refractivity contribution in [2.45, 2.75) is 50.7 Å². The first-order valence-corrected chi connectivity index (χ1v) is 7.15. The van der Waals surface area contributed by atoms with Crippen molar-refractivity contribution in [2.75, 3.05) is 0 Å². The molecule has 1 N–H and O–H groups in total. The second-order valence-corrected chi connectivity index (χ2v) is 6.33. The van der Waals surface area contributed by atoms with Gasteiger partial charge >= 0.3 is 5.69 Å². The van der Waals surface area contributed by atoms with Crippen LogP contribution in [0.5, 0.6) is 0 Å². The van der Waals surface area contributed by atoms with Crippen LogP contribution in [-0.2, 0) is 20.8 Å². The summed E-state index contributed by atoms with van der Waals surface area (Å²) in [4.78, 5) is 30.7. The van der Waals surface area contributed by atoms with Gasteiger partial charge in [-0.05, 0) is 13.8 Å². The topological polar surface area (TPSA) is 100 Å². The maximum absolute atomic E-state index is 12.3. The van der Waals surface area contributed by atoms with Gasteiger partial charge in [-0.15, -0.1) is 0 Å². The van der Waals surface area contributed by atoms with Crippen molar-refractivity contribution >= 4 is 11.2 Å². The van der Waals surface area contributed by atoms with Crippen LogP contribution < -0.4 is 11.2 Å². The highest BCUT2D eigenvalue weighted by atomic mass is 16.8. The molecule has 2 bridgehead atoms. The lowest BCUT2D eigenvalue weighted by atomic mass is 10.1. The maximum Gasteiger partial charge on any atom is 0.332 e. The minimum atomic E-state index is -0.724. The SMILES string of the molecule is CC1(C)O[C@@H]2[C@H](O1)[C@H]1Cn3cnc4c(=O)[nH]c(=O)n(c43)[C@@H]2O1. The number of ether oxygens (including phenoxy) is 3. The van der Waals surface area contributed by atoms with Gasteiger partial charge in [-0.2, -0.15) is 0 Å². The van der Waals surface area contributed by atoms with E-state index in [1.54, 1.807) is 10.9 Å². The van der Waals surface area contributed by atoms with Crippen molar-refractivity contribution in [3.05, 3.63) is 27.2 Å². The van der Waals surface area contributed by atoms with Crippen molar-refractivity contribution in [3.63, 3.8) is 0 Å². The number of imidazole rings is 1. The molecule has 3 aliphatic rings.